The van der Waals surface area contributed by atoms with Gasteiger partial charge in [0.05, 0.1) is 11.1 Å². The molecule has 0 aliphatic heterocycles. The molecule has 0 heterocycles. The van der Waals surface area contributed by atoms with Crippen LogP contribution in [0.15, 0.2) is 46.9 Å². The zero-order valence-electron chi connectivity index (χ0n) is 9.06. The summed E-state index contributed by atoms with van der Waals surface area (Å²) in [7, 11) is 0. The number of halogens is 1. The minimum absolute atomic E-state index is 0.0336. The highest BCUT2D eigenvalue weighted by Gasteiger charge is 2.03. The van der Waals surface area contributed by atoms with E-state index >= 15 is 0 Å². The monoisotopic (exact) mass is 293 g/mol. The minimum Gasteiger partial charge on any atom is -0.456 e. The summed E-state index contributed by atoms with van der Waals surface area (Å²) in [5.41, 5.74) is 7.18. The lowest BCUT2D eigenvalue weighted by atomic mass is 10.2. The van der Waals surface area contributed by atoms with E-state index in [4.69, 9.17) is 15.6 Å². The molecule has 0 saturated heterocycles. The van der Waals surface area contributed by atoms with Crippen molar-refractivity contribution in [2.24, 2.45) is 0 Å². The van der Waals surface area contributed by atoms with E-state index in [2.05, 4.69) is 15.9 Å². The van der Waals surface area contributed by atoms with Crippen LogP contribution in [0.25, 0.3) is 0 Å². The van der Waals surface area contributed by atoms with Crippen molar-refractivity contribution in [3.05, 3.63) is 52.5 Å². The number of ether oxygens (including phenoxy) is 1. The van der Waals surface area contributed by atoms with Crippen molar-refractivity contribution in [3.8, 4) is 11.5 Å². The van der Waals surface area contributed by atoms with Crippen molar-refractivity contribution in [1.29, 1.82) is 0 Å². The molecule has 2 aromatic carbocycles. The summed E-state index contributed by atoms with van der Waals surface area (Å²) in [6.07, 6.45) is 0. The highest BCUT2D eigenvalue weighted by Crippen LogP contribution is 2.31. The second-order valence-electron chi connectivity index (χ2n) is 3.59. The van der Waals surface area contributed by atoms with Gasteiger partial charge in [0.1, 0.15) is 11.5 Å². The summed E-state index contributed by atoms with van der Waals surface area (Å²) in [4.78, 5) is 0. The van der Waals surface area contributed by atoms with Crippen molar-refractivity contribution in [3.63, 3.8) is 0 Å². The van der Waals surface area contributed by atoms with Gasteiger partial charge in [-0.1, -0.05) is 12.1 Å². The van der Waals surface area contributed by atoms with Crippen LogP contribution in [0.3, 0.4) is 0 Å². The molecule has 0 spiro atoms. The summed E-state index contributed by atoms with van der Waals surface area (Å²) in [6.45, 7) is 0.0336. The van der Waals surface area contributed by atoms with E-state index in [9.17, 15) is 0 Å². The van der Waals surface area contributed by atoms with Crippen LogP contribution >= 0.6 is 15.9 Å². The number of nitrogens with two attached hydrogens (primary N) is 1. The van der Waals surface area contributed by atoms with E-state index in [0.29, 0.717) is 17.2 Å². The number of aliphatic hydroxyl groups excluding tert-OH is 1. The lowest BCUT2D eigenvalue weighted by molar-refractivity contribution is 0.281. The van der Waals surface area contributed by atoms with Crippen LogP contribution < -0.4 is 10.5 Å². The van der Waals surface area contributed by atoms with Crippen LogP contribution in [0.2, 0.25) is 0 Å². The van der Waals surface area contributed by atoms with Gasteiger partial charge in [0, 0.05) is 5.69 Å². The standard InChI is InChI=1S/C13H12BrNO2/c14-12-7-10(15)3-6-13(12)17-11-4-1-9(8-16)2-5-11/h1-7,16H,8,15H2. The van der Waals surface area contributed by atoms with Gasteiger partial charge in [0.2, 0.25) is 0 Å². The third-order valence-corrected chi connectivity index (χ3v) is 2.91. The Morgan fingerprint density at radius 2 is 1.82 bits per heavy atom. The van der Waals surface area contributed by atoms with Gasteiger partial charge in [-0.3, -0.25) is 0 Å². The minimum atomic E-state index is 0.0336. The second kappa shape index (κ2) is 5.21. The predicted octanol–water partition coefficient (Wildman–Crippen LogP) is 3.32. The largest absolute Gasteiger partial charge is 0.456 e. The average molecular weight is 294 g/mol. The van der Waals surface area contributed by atoms with Gasteiger partial charge in [-0.2, -0.15) is 0 Å². The maximum Gasteiger partial charge on any atom is 0.141 e. The SMILES string of the molecule is Nc1ccc(Oc2ccc(CO)cc2)c(Br)c1. The first kappa shape index (κ1) is 12.0. The Bertz CT molecular complexity index is 511. The summed E-state index contributed by atoms with van der Waals surface area (Å²) in [6, 6.07) is 12.6. The van der Waals surface area contributed by atoms with Crippen molar-refractivity contribution >= 4 is 21.6 Å². The molecule has 3 N–H and O–H groups in total. The van der Waals surface area contributed by atoms with Crippen molar-refractivity contribution < 1.29 is 9.84 Å². The van der Waals surface area contributed by atoms with Crippen molar-refractivity contribution in [2.45, 2.75) is 6.61 Å². The van der Waals surface area contributed by atoms with Gasteiger partial charge in [-0.05, 0) is 51.8 Å². The molecule has 0 aliphatic rings. The number of nitrogen functional groups attached to an aromatic ring is 1. The quantitative estimate of drug-likeness (QED) is 0.854. The van der Waals surface area contributed by atoms with Crippen LogP contribution in [-0.2, 0) is 6.61 Å². The topological polar surface area (TPSA) is 55.5 Å². The summed E-state index contributed by atoms with van der Waals surface area (Å²) in [5.74, 6) is 1.42. The molecule has 88 valence electrons. The second-order valence-corrected chi connectivity index (χ2v) is 4.45. The Morgan fingerprint density at radius 1 is 1.12 bits per heavy atom. The highest BCUT2D eigenvalue weighted by molar-refractivity contribution is 9.10. The molecule has 2 rings (SSSR count). The molecule has 4 heteroatoms. The Labute approximate surface area is 108 Å². The molecular weight excluding hydrogens is 282 g/mol. The Kier molecular flexibility index (Phi) is 3.66. The first-order chi connectivity index (χ1) is 8.19. The van der Waals surface area contributed by atoms with E-state index in [1.807, 2.05) is 24.3 Å². The van der Waals surface area contributed by atoms with Gasteiger partial charge in [0.25, 0.3) is 0 Å². The van der Waals surface area contributed by atoms with Crippen LogP contribution in [0.5, 0.6) is 11.5 Å². The third kappa shape index (κ3) is 2.99. The molecule has 0 bridgehead atoms. The first-order valence-corrected chi connectivity index (χ1v) is 5.91. The molecule has 0 fully saturated rings. The molecule has 0 amide bonds. The molecule has 0 saturated carbocycles. The van der Waals surface area contributed by atoms with Crippen molar-refractivity contribution in [2.75, 3.05) is 5.73 Å². The van der Waals surface area contributed by atoms with Gasteiger partial charge in [-0.15, -0.1) is 0 Å². The Balaban J connectivity index is 2.19. The summed E-state index contributed by atoms with van der Waals surface area (Å²) >= 11 is 3.39. The molecule has 2 aromatic rings. The van der Waals surface area contributed by atoms with Crippen LogP contribution in [-0.4, -0.2) is 5.11 Å². The first-order valence-electron chi connectivity index (χ1n) is 5.12. The molecule has 0 atom stereocenters. The molecule has 0 aliphatic carbocycles. The fraction of sp³-hybridized carbons (Fsp3) is 0.0769. The summed E-state index contributed by atoms with van der Waals surface area (Å²) < 4.78 is 6.49. The van der Waals surface area contributed by atoms with Gasteiger partial charge in [0.15, 0.2) is 0 Å². The fourth-order valence-electron chi connectivity index (χ4n) is 1.39. The van der Waals surface area contributed by atoms with E-state index in [0.717, 1.165) is 10.0 Å². The Morgan fingerprint density at radius 3 is 2.41 bits per heavy atom. The number of aliphatic hydroxyl groups is 1. The zero-order chi connectivity index (χ0) is 12.3. The molecular formula is C13H12BrNO2. The smallest absolute Gasteiger partial charge is 0.141 e. The van der Waals surface area contributed by atoms with Crippen LogP contribution in [0.1, 0.15) is 5.56 Å². The lowest BCUT2D eigenvalue weighted by Crippen LogP contribution is -1.89. The van der Waals surface area contributed by atoms with E-state index in [-0.39, 0.29) is 6.61 Å². The maximum absolute atomic E-state index is 8.93. The summed E-state index contributed by atoms with van der Waals surface area (Å²) in [5, 5.41) is 8.93. The maximum atomic E-state index is 8.93. The zero-order valence-corrected chi connectivity index (χ0v) is 10.6. The van der Waals surface area contributed by atoms with Crippen LogP contribution in [0.4, 0.5) is 5.69 Å². The number of anilines is 1. The number of hydrogen-bond donors (Lipinski definition) is 2. The lowest BCUT2D eigenvalue weighted by Gasteiger charge is -2.08. The van der Waals surface area contributed by atoms with Crippen molar-refractivity contribution in [1.82, 2.24) is 0 Å². The van der Waals surface area contributed by atoms with Gasteiger partial charge >= 0.3 is 0 Å². The number of benzene rings is 2. The van der Waals surface area contributed by atoms with Gasteiger partial charge < -0.3 is 15.6 Å². The molecule has 0 aromatic heterocycles. The molecule has 17 heavy (non-hydrogen) atoms. The fourth-order valence-corrected chi connectivity index (χ4v) is 1.87. The predicted molar refractivity (Wildman–Crippen MR) is 71.0 cm³/mol. The van der Waals surface area contributed by atoms with E-state index < -0.39 is 0 Å². The average Bonchev–Trinajstić information content (AvgIpc) is 2.34. The number of rotatable bonds is 3. The third-order valence-electron chi connectivity index (χ3n) is 2.29. The molecule has 3 nitrogen and oxygen atoms in total. The van der Waals surface area contributed by atoms with Gasteiger partial charge in [-0.25, -0.2) is 0 Å². The Hall–Kier alpha value is -1.52. The van der Waals surface area contributed by atoms with E-state index in [1.54, 1.807) is 18.2 Å². The van der Waals surface area contributed by atoms with Crippen LogP contribution in [0, 0.1) is 0 Å². The number of hydrogen-bond acceptors (Lipinski definition) is 3. The normalized spacial score (nSPS) is 10.2. The van der Waals surface area contributed by atoms with E-state index in [1.165, 1.54) is 0 Å². The highest BCUT2D eigenvalue weighted by atomic mass is 79.9. The molecule has 0 unspecified atom stereocenters. The molecule has 0 radical (unpaired) electrons.